The molecule has 3 aliphatic rings. The van der Waals surface area contributed by atoms with Gasteiger partial charge in [0.2, 0.25) is 0 Å². The Balaban J connectivity index is 0.00000420. The number of rotatable bonds is 14. The van der Waals surface area contributed by atoms with E-state index in [2.05, 4.69) is 46.7 Å². The molecule has 2 heterocycles. The molecule has 8 heteroatoms. The molecule has 1 aliphatic carbocycles. The number of carbonyl (C=O) groups is 1. The van der Waals surface area contributed by atoms with Gasteiger partial charge in [-0.1, -0.05) is 43.5 Å². The molecule has 39 heavy (non-hydrogen) atoms. The minimum absolute atomic E-state index is 0. The van der Waals surface area contributed by atoms with Crippen LogP contribution in [0.15, 0.2) is 24.3 Å². The number of hydrogen-bond acceptors (Lipinski definition) is 6. The number of thioether (sulfide) groups is 1. The Bertz CT molecular complexity index is 871. The van der Waals surface area contributed by atoms with Gasteiger partial charge in [0.1, 0.15) is 6.04 Å². The second-order valence-electron chi connectivity index (χ2n) is 12.0. The molecule has 0 amide bonds. The second kappa shape index (κ2) is 16.8. The van der Waals surface area contributed by atoms with Crippen molar-refractivity contribution in [3.05, 3.63) is 35.4 Å². The van der Waals surface area contributed by atoms with Crippen LogP contribution in [-0.4, -0.2) is 104 Å². The first-order chi connectivity index (χ1) is 18.5. The molecule has 1 aromatic rings. The van der Waals surface area contributed by atoms with Gasteiger partial charge in [0.05, 0.1) is 12.7 Å². The molecule has 216 valence electrons. The first-order valence-corrected chi connectivity index (χ1v) is 16.5. The van der Waals surface area contributed by atoms with E-state index < -0.39 is 12.0 Å². The number of aryl methyl sites for hydroxylation is 1. The zero-order chi connectivity index (χ0) is 26.8. The fraction of sp³-hybridized carbons (Fsp3) is 0.774. The van der Waals surface area contributed by atoms with E-state index in [9.17, 15) is 9.90 Å². The van der Waals surface area contributed by atoms with Crippen molar-refractivity contribution in [2.24, 2.45) is 5.41 Å². The number of hydrogen-bond donors (Lipinski definition) is 3. The molecule has 3 unspecified atom stereocenters. The molecular weight excluding hydrogens is 501 g/mol. The van der Waals surface area contributed by atoms with Gasteiger partial charge in [-0.15, -0.1) is 0 Å². The number of carboxylic acids is 1. The maximum absolute atomic E-state index is 12.1. The Morgan fingerprint density at radius 2 is 2.03 bits per heavy atom. The zero-order valence-electron chi connectivity index (χ0n) is 23.8. The van der Waals surface area contributed by atoms with Crippen LogP contribution in [0.3, 0.4) is 0 Å². The fourth-order valence-corrected chi connectivity index (χ4v) is 7.56. The van der Waals surface area contributed by atoms with Crippen LogP contribution in [0.25, 0.3) is 0 Å². The van der Waals surface area contributed by atoms with E-state index in [0.29, 0.717) is 24.5 Å². The third-order valence-corrected chi connectivity index (χ3v) is 10.2. The van der Waals surface area contributed by atoms with E-state index in [1.165, 1.54) is 56.1 Å². The summed E-state index contributed by atoms with van der Waals surface area (Å²) in [5.41, 5.74) is 2.76. The van der Waals surface area contributed by atoms with E-state index in [1.807, 2.05) is 6.26 Å². The van der Waals surface area contributed by atoms with Crippen LogP contribution in [0.2, 0.25) is 0 Å². The van der Waals surface area contributed by atoms with Crippen molar-refractivity contribution in [2.45, 2.75) is 95.2 Å². The molecule has 0 radical (unpaired) electrons. The normalized spacial score (nSPS) is 27.2. The van der Waals surface area contributed by atoms with Gasteiger partial charge in [0.15, 0.2) is 0 Å². The van der Waals surface area contributed by atoms with Crippen LogP contribution in [0.4, 0.5) is 0 Å². The number of aliphatic carboxylic acids is 1. The summed E-state index contributed by atoms with van der Waals surface area (Å²) in [5, 5.41) is 17.2. The third-order valence-electron chi connectivity index (χ3n) is 9.53. The molecule has 0 spiro atoms. The van der Waals surface area contributed by atoms with Crippen molar-refractivity contribution in [1.82, 2.24) is 15.5 Å². The average molecular weight is 554 g/mol. The molecule has 0 aromatic heterocycles. The molecule has 4 rings (SSSR count). The van der Waals surface area contributed by atoms with Gasteiger partial charge in [-0.05, 0) is 100 Å². The molecule has 1 aromatic carbocycles. The van der Waals surface area contributed by atoms with E-state index in [-0.39, 0.29) is 24.3 Å². The van der Waals surface area contributed by atoms with E-state index >= 15 is 0 Å². The first kappa shape index (κ1) is 33.0. The predicted molar refractivity (Wildman–Crippen MR) is 165 cm³/mol. The fourth-order valence-electron chi connectivity index (χ4n) is 7.09. The number of nitrogens with one attached hydrogen (secondary N) is 2. The van der Waals surface area contributed by atoms with Crippen molar-refractivity contribution in [2.75, 3.05) is 51.3 Å². The van der Waals surface area contributed by atoms with Crippen molar-refractivity contribution < 1.29 is 14.6 Å². The summed E-state index contributed by atoms with van der Waals surface area (Å²) in [5.74, 6) is 0.491. The van der Waals surface area contributed by atoms with Crippen molar-refractivity contribution in [3.63, 3.8) is 0 Å². The summed E-state index contributed by atoms with van der Waals surface area (Å²) in [6, 6.07) is 8.83. The van der Waals surface area contributed by atoms with Gasteiger partial charge in [-0.3, -0.25) is 9.69 Å². The Labute approximate surface area is 253 Å². The van der Waals surface area contributed by atoms with Crippen molar-refractivity contribution in [3.8, 4) is 0 Å². The number of carboxylic acid groups (broad SMARTS) is 1. The quantitative estimate of drug-likeness (QED) is 0.295. The third kappa shape index (κ3) is 9.23. The van der Waals surface area contributed by atoms with Crippen LogP contribution in [0, 0.1) is 12.3 Å². The second-order valence-corrected chi connectivity index (χ2v) is 12.9. The SMILES string of the molecule is CSCCC(NCC1(CCN2CCC[C@H]2COC2CCCCC2)CCNCC1c1ccccc1C)C(=O)O.[LiH]. The molecule has 2 saturated heterocycles. The van der Waals surface area contributed by atoms with Gasteiger partial charge in [0, 0.05) is 25.0 Å². The summed E-state index contributed by atoms with van der Waals surface area (Å²) in [4.78, 5) is 14.8. The molecule has 3 fully saturated rings. The Kier molecular flexibility index (Phi) is 14.2. The molecule has 6 nitrogen and oxygen atoms in total. The van der Waals surface area contributed by atoms with Crippen LogP contribution in [-0.2, 0) is 9.53 Å². The molecule has 1 saturated carbocycles. The van der Waals surface area contributed by atoms with E-state index in [0.717, 1.165) is 57.9 Å². The average Bonchev–Trinajstić information content (AvgIpc) is 3.39. The van der Waals surface area contributed by atoms with Gasteiger partial charge in [-0.25, -0.2) is 0 Å². The maximum atomic E-state index is 12.1. The Hall–Kier alpha value is -0.523. The van der Waals surface area contributed by atoms with Crippen LogP contribution in [0.5, 0.6) is 0 Å². The predicted octanol–water partition coefficient (Wildman–Crippen LogP) is 4.41. The molecule has 3 N–H and O–H groups in total. The molecule has 2 aliphatic heterocycles. The zero-order valence-corrected chi connectivity index (χ0v) is 24.6. The summed E-state index contributed by atoms with van der Waals surface area (Å²) >= 11 is 1.72. The van der Waals surface area contributed by atoms with Gasteiger partial charge in [0.25, 0.3) is 0 Å². The van der Waals surface area contributed by atoms with Gasteiger partial charge in [-0.2, -0.15) is 11.8 Å². The number of likely N-dealkylation sites (tertiary alicyclic amines) is 1. The van der Waals surface area contributed by atoms with Gasteiger partial charge < -0.3 is 20.5 Å². The number of benzene rings is 1. The summed E-state index contributed by atoms with van der Waals surface area (Å²) in [6.07, 6.45) is 14.3. The Morgan fingerprint density at radius 3 is 2.77 bits per heavy atom. The standard InChI is InChI=1S/C31H51N3O3S.Li.H/c1-24-9-6-7-13-27(24)28-21-32-17-15-31(28,23-33-29(30(35)36)14-20-38-2)16-19-34-18-8-10-25(34)22-37-26-11-4-3-5-12-26;;/h6-7,9,13,25-26,28-29,32-33H,3-5,8,10-12,14-23H2,1-2H3,(H,35,36);;/t25-,28?,29?,31?;;/m0../s1. The topological polar surface area (TPSA) is 73.8 Å². The minimum atomic E-state index is -0.727. The Morgan fingerprint density at radius 1 is 1.23 bits per heavy atom. The number of nitrogens with zero attached hydrogens (tertiary/aromatic N) is 1. The monoisotopic (exact) mass is 553 g/mol. The van der Waals surface area contributed by atoms with Crippen LogP contribution in [0.1, 0.15) is 81.3 Å². The molecular formula is C31H52LiN3O3S. The number of piperidine rings is 1. The number of ether oxygens (including phenoxy) is 1. The summed E-state index contributed by atoms with van der Waals surface area (Å²) in [7, 11) is 0. The van der Waals surface area contributed by atoms with Crippen LogP contribution >= 0.6 is 11.8 Å². The molecule has 4 atom stereocenters. The van der Waals surface area contributed by atoms with Crippen molar-refractivity contribution in [1.29, 1.82) is 0 Å². The van der Waals surface area contributed by atoms with E-state index in [1.54, 1.807) is 11.8 Å². The first-order valence-electron chi connectivity index (χ1n) is 15.1. The van der Waals surface area contributed by atoms with Crippen molar-refractivity contribution >= 4 is 36.6 Å². The molecule has 0 bridgehead atoms. The van der Waals surface area contributed by atoms with Gasteiger partial charge >= 0.3 is 24.8 Å². The van der Waals surface area contributed by atoms with E-state index in [4.69, 9.17) is 4.74 Å². The van der Waals surface area contributed by atoms with Crippen LogP contribution < -0.4 is 10.6 Å². The summed E-state index contributed by atoms with van der Waals surface area (Å²) < 4.78 is 6.43. The summed E-state index contributed by atoms with van der Waals surface area (Å²) in [6.45, 7) is 7.99.